The second-order valence-corrected chi connectivity index (χ2v) is 6.25. The molecule has 0 spiro atoms. The van der Waals surface area contributed by atoms with Crippen LogP contribution in [-0.4, -0.2) is 37.3 Å². The molecule has 9 heteroatoms. The number of methoxy groups -OCH3 is 2. The number of rotatable bonds is 6. The Hall–Kier alpha value is -3.75. The van der Waals surface area contributed by atoms with Gasteiger partial charge in [-0.3, -0.25) is 0 Å². The minimum Gasteiger partial charge on any atom is -0.569 e. The third kappa shape index (κ3) is 5.19. The van der Waals surface area contributed by atoms with Crippen LogP contribution in [0.25, 0.3) is 12.2 Å². The molecule has 0 atom stereocenters. The zero-order valence-corrected chi connectivity index (χ0v) is 16.2. The lowest BCUT2D eigenvalue weighted by Crippen LogP contribution is -2.33. The predicted molar refractivity (Wildman–Crippen MR) is 110 cm³/mol. The topological polar surface area (TPSA) is 79.5 Å². The molecule has 30 heavy (non-hydrogen) atoms. The number of phenolic OH excluding ortho intramolecular Hbond substituents is 2. The van der Waals surface area contributed by atoms with Crippen LogP contribution in [0.3, 0.4) is 0 Å². The lowest BCUT2D eigenvalue weighted by molar-refractivity contribution is -0.362. The van der Waals surface area contributed by atoms with Gasteiger partial charge in [-0.2, -0.15) is 0 Å². The SMILES string of the molecule is COc1cc(/C=C/C2=CC(/C=C/c3ccc(O)c(OC)c3)=[O+][B-](F)(F)O2)ccc1O. The van der Waals surface area contributed by atoms with E-state index in [1.165, 1.54) is 56.7 Å². The first-order valence-electron chi connectivity index (χ1n) is 8.86. The molecule has 156 valence electrons. The standard InChI is InChI=1S/C21H19BF2O6/c1-27-20-11-14(5-9-18(20)25)3-7-16-13-17(30-22(23,24)29-16)8-4-15-6-10-19(26)21(12-15)28-2/h3-13,25-26H,1-2H3/b7-3+,8-4+. The molecule has 0 aromatic heterocycles. The zero-order valence-electron chi connectivity index (χ0n) is 16.2. The highest BCUT2D eigenvalue weighted by Crippen LogP contribution is 2.28. The molecule has 0 bridgehead atoms. The summed E-state index contributed by atoms with van der Waals surface area (Å²) in [7, 11) is -1.72. The number of carbonyl (C=O) groups excluding carboxylic acids is 1. The van der Waals surface area contributed by atoms with Gasteiger partial charge in [0.05, 0.1) is 26.1 Å². The molecule has 2 aromatic carbocycles. The van der Waals surface area contributed by atoms with Crippen molar-refractivity contribution >= 4 is 25.0 Å². The number of benzene rings is 2. The molecule has 0 amide bonds. The summed E-state index contributed by atoms with van der Waals surface area (Å²) in [5.74, 6) is 0.263. The highest BCUT2D eigenvalue weighted by Gasteiger charge is 2.52. The molecule has 0 saturated heterocycles. The quantitative estimate of drug-likeness (QED) is 0.419. The van der Waals surface area contributed by atoms with Crippen molar-refractivity contribution in [2.45, 2.75) is 0 Å². The van der Waals surface area contributed by atoms with E-state index in [0.717, 1.165) is 0 Å². The molecule has 1 aliphatic heterocycles. The van der Waals surface area contributed by atoms with Gasteiger partial charge in [0.1, 0.15) is 0 Å². The average Bonchev–Trinajstić information content (AvgIpc) is 2.71. The molecule has 0 saturated carbocycles. The van der Waals surface area contributed by atoms with Crippen molar-refractivity contribution in [1.29, 1.82) is 0 Å². The number of aromatic hydroxyl groups is 2. The Labute approximate surface area is 171 Å². The number of hydrogen-bond acceptors (Lipinski definition) is 5. The lowest BCUT2D eigenvalue weighted by atomic mass is 10.1. The maximum absolute atomic E-state index is 13.9. The van der Waals surface area contributed by atoms with Crippen LogP contribution < -0.4 is 9.47 Å². The van der Waals surface area contributed by atoms with E-state index in [1.54, 1.807) is 24.3 Å². The summed E-state index contributed by atoms with van der Waals surface area (Å²) in [6.45, 7) is 0. The molecule has 0 unspecified atom stereocenters. The van der Waals surface area contributed by atoms with E-state index in [4.69, 9.17) is 9.47 Å². The molecule has 0 radical (unpaired) electrons. The number of ether oxygens (including phenoxy) is 2. The van der Waals surface area contributed by atoms with E-state index in [9.17, 15) is 18.8 Å². The molecule has 3 rings (SSSR count). The van der Waals surface area contributed by atoms with Gasteiger partial charge in [0.2, 0.25) is 0 Å². The summed E-state index contributed by atoms with van der Waals surface area (Å²) in [5.41, 5.74) is 1.23. The van der Waals surface area contributed by atoms with Crippen LogP contribution in [-0.2, 0) is 9.00 Å². The molecular formula is C21H19BF2O6. The number of ketones is 1. The Morgan fingerprint density at radius 3 is 1.93 bits per heavy atom. The van der Waals surface area contributed by atoms with Crippen molar-refractivity contribution in [2.24, 2.45) is 0 Å². The zero-order chi connectivity index (χ0) is 21.7. The summed E-state index contributed by atoms with van der Waals surface area (Å²) in [5, 5.41) is 19.3. The number of hydrogen-bond donors (Lipinski definition) is 2. The van der Waals surface area contributed by atoms with E-state index in [-0.39, 0.29) is 34.5 Å². The molecule has 1 heterocycles. The smallest absolute Gasteiger partial charge is 0.569 e. The average molecular weight is 416 g/mol. The first kappa shape index (κ1) is 21.0. The van der Waals surface area contributed by atoms with Crippen LogP contribution in [0.15, 0.2) is 60.4 Å². The van der Waals surface area contributed by atoms with Gasteiger partial charge < -0.3 is 37.3 Å². The molecule has 0 aliphatic carbocycles. The molecule has 0 fully saturated rings. The van der Waals surface area contributed by atoms with Crippen molar-refractivity contribution in [3.63, 3.8) is 0 Å². The normalized spacial score (nSPS) is 15.6. The van der Waals surface area contributed by atoms with Crippen molar-refractivity contribution < 1.29 is 37.3 Å². The molecule has 2 N–H and O–H groups in total. The van der Waals surface area contributed by atoms with Gasteiger partial charge in [-0.15, -0.1) is 0 Å². The third-order valence-electron chi connectivity index (χ3n) is 4.12. The van der Waals surface area contributed by atoms with Gasteiger partial charge in [-0.1, -0.05) is 18.2 Å². The molecule has 6 nitrogen and oxygen atoms in total. The number of halogens is 2. The van der Waals surface area contributed by atoms with E-state index >= 15 is 0 Å². The monoisotopic (exact) mass is 416 g/mol. The largest absolute Gasteiger partial charge is 0.995 e. The Morgan fingerprint density at radius 2 is 1.40 bits per heavy atom. The van der Waals surface area contributed by atoms with Gasteiger partial charge in [0.25, 0.3) is 5.78 Å². The van der Waals surface area contributed by atoms with Crippen molar-refractivity contribution in [3.05, 3.63) is 71.5 Å². The van der Waals surface area contributed by atoms with Crippen LogP contribution in [0, 0.1) is 0 Å². The summed E-state index contributed by atoms with van der Waals surface area (Å²) in [6, 6.07) is 9.17. The second kappa shape index (κ2) is 8.73. The van der Waals surface area contributed by atoms with Gasteiger partial charge in [0.15, 0.2) is 23.0 Å². The second-order valence-electron chi connectivity index (χ2n) is 6.25. The minimum absolute atomic E-state index is 0.0299. The first-order chi connectivity index (χ1) is 14.3. The fraction of sp³-hybridized carbons (Fsp3) is 0.0952. The van der Waals surface area contributed by atoms with Crippen molar-refractivity contribution in [3.8, 4) is 23.0 Å². The molecule has 1 aliphatic rings. The summed E-state index contributed by atoms with van der Waals surface area (Å²) in [4.78, 5) is 0. The van der Waals surface area contributed by atoms with Gasteiger partial charge >= 0.3 is 7.11 Å². The fourth-order valence-corrected chi connectivity index (χ4v) is 2.68. The third-order valence-corrected chi connectivity index (χ3v) is 4.12. The number of allylic oxidation sites excluding steroid dienone is 3. The maximum atomic E-state index is 13.9. The van der Waals surface area contributed by atoms with E-state index < -0.39 is 7.11 Å². The van der Waals surface area contributed by atoms with Crippen LogP contribution >= 0.6 is 0 Å². The molecule has 2 aromatic rings. The Balaban J connectivity index is 1.82. The van der Waals surface area contributed by atoms with E-state index in [0.29, 0.717) is 11.1 Å². The van der Waals surface area contributed by atoms with Gasteiger partial charge in [-0.25, -0.2) is 0 Å². The highest BCUT2D eigenvalue weighted by molar-refractivity contribution is 6.50. The van der Waals surface area contributed by atoms with E-state index in [2.05, 4.69) is 9.00 Å². The summed E-state index contributed by atoms with van der Waals surface area (Å²) < 4.78 is 47.0. The van der Waals surface area contributed by atoms with Gasteiger partial charge in [-0.05, 0) is 47.5 Å². The highest BCUT2D eigenvalue weighted by atomic mass is 19.3. The minimum atomic E-state index is -4.53. The number of phenols is 2. The van der Waals surface area contributed by atoms with Crippen LogP contribution in [0.1, 0.15) is 11.1 Å². The summed E-state index contributed by atoms with van der Waals surface area (Å²) >= 11 is 0. The van der Waals surface area contributed by atoms with Crippen LogP contribution in [0.4, 0.5) is 8.63 Å². The maximum Gasteiger partial charge on any atom is 0.995 e. The molecular weight excluding hydrogens is 397 g/mol. The lowest BCUT2D eigenvalue weighted by Gasteiger charge is -2.17. The predicted octanol–water partition coefficient (Wildman–Crippen LogP) is 4.24. The van der Waals surface area contributed by atoms with Crippen LogP contribution in [0.2, 0.25) is 0 Å². The van der Waals surface area contributed by atoms with Crippen molar-refractivity contribution in [2.75, 3.05) is 14.2 Å². The Morgan fingerprint density at radius 1 is 0.867 bits per heavy atom. The Kier molecular flexibility index (Phi) is 6.10. The van der Waals surface area contributed by atoms with E-state index in [1.807, 2.05) is 0 Å². The first-order valence-corrected chi connectivity index (χ1v) is 8.86. The fourth-order valence-electron chi connectivity index (χ4n) is 2.68. The van der Waals surface area contributed by atoms with Crippen molar-refractivity contribution in [1.82, 2.24) is 0 Å². The van der Waals surface area contributed by atoms with Crippen LogP contribution in [0.5, 0.6) is 23.0 Å². The summed E-state index contributed by atoms with van der Waals surface area (Å²) in [6.07, 6.45) is 7.12. The Bertz CT molecular complexity index is 1060. The van der Waals surface area contributed by atoms with Gasteiger partial charge in [0, 0.05) is 6.08 Å².